The van der Waals surface area contributed by atoms with E-state index in [9.17, 15) is 19.1 Å². The first kappa shape index (κ1) is 21.8. The van der Waals surface area contributed by atoms with Crippen molar-refractivity contribution in [2.24, 2.45) is 0 Å². The molecule has 0 bridgehead atoms. The summed E-state index contributed by atoms with van der Waals surface area (Å²) in [6.07, 6.45) is 5.33. The summed E-state index contributed by atoms with van der Waals surface area (Å²) in [4.78, 5) is 32.9. The number of nitrogens with one attached hydrogen (secondary N) is 1. The molecule has 2 N–H and O–H groups in total. The molecule has 0 atom stereocenters. The number of benzene rings is 2. The van der Waals surface area contributed by atoms with Gasteiger partial charge in [-0.1, -0.05) is 18.2 Å². The molecule has 2 aromatic carbocycles. The van der Waals surface area contributed by atoms with E-state index < -0.39 is 17.2 Å². The van der Waals surface area contributed by atoms with Gasteiger partial charge in [0.05, 0.1) is 16.9 Å². The van der Waals surface area contributed by atoms with Gasteiger partial charge in [-0.15, -0.1) is 0 Å². The number of carboxylic acids is 1. The lowest BCUT2D eigenvalue weighted by atomic mass is 10.0. The van der Waals surface area contributed by atoms with Crippen LogP contribution in [-0.2, 0) is 6.42 Å². The average Bonchev–Trinajstić information content (AvgIpc) is 3.63. The number of pyridine rings is 1. The van der Waals surface area contributed by atoms with Crippen molar-refractivity contribution in [3.05, 3.63) is 92.8 Å². The zero-order valence-corrected chi connectivity index (χ0v) is 18.8. The third kappa shape index (κ3) is 4.14. The monoisotopic (exact) mass is 458 g/mol. The Morgan fingerprint density at radius 2 is 1.97 bits per heavy atom. The Balaban J connectivity index is 1.50. The Bertz CT molecular complexity index is 1510. The minimum atomic E-state index is -1.32. The van der Waals surface area contributed by atoms with E-state index in [1.54, 1.807) is 10.8 Å². The van der Waals surface area contributed by atoms with Gasteiger partial charge in [0.15, 0.2) is 0 Å². The van der Waals surface area contributed by atoms with Gasteiger partial charge in [-0.05, 0) is 61.6 Å². The first-order valence-corrected chi connectivity index (χ1v) is 11.1. The molecule has 0 saturated heterocycles. The first-order valence-electron chi connectivity index (χ1n) is 11.1. The van der Waals surface area contributed by atoms with E-state index in [0.717, 1.165) is 30.2 Å². The van der Waals surface area contributed by atoms with Gasteiger partial charge in [0.2, 0.25) is 11.4 Å². The van der Waals surface area contributed by atoms with Crippen LogP contribution in [-0.4, -0.2) is 25.6 Å². The van der Waals surface area contributed by atoms with Crippen molar-refractivity contribution < 1.29 is 14.3 Å². The Labute approximate surface area is 194 Å². The Morgan fingerprint density at radius 3 is 2.68 bits per heavy atom. The third-order valence-corrected chi connectivity index (χ3v) is 6.21. The molecule has 5 rings (SSSR count). The second-order valence-corrected chi connectivity index (χ2v) is 8.76. The molecule has 172 valence electrons. The second-order valence-electron chi connectivity index (χ2n) is 8.76. The predicted molar refractivity (Wildman–Crippen MR) is 127 cm³/mol. The number of aryl methyl sites for hydroxylation is 2. The standard InChI is InChI=1S/C26H23FN4O3/c1-14-3-4-16(9-15(14)2)10-17-7-8-28-26(29-17)30-22-12-23-19(11-21(22)27)24(32)20(25(33)34)13-31(23)18-5-6-18/h3-4,7-9,11-13,18H,5-6,10H2,1-2H3,(H,33,34)(H,28,29,30). The summed E-state index contributed by atoms with van der Waals surface area (Å²) in [7, 11) is 0. The van der Waals surface area contributed by atoms with Gasteiger partial charge in [0.25, 0.3) is 0 Å². The number of aromatic carboxylic acids is 1. The molecule has 1 aliphatic rings. The lowest BCUT2D eigenvalue weighted by molar-refractivity contribution is 0.0695. The van der Waals surface area contributed by atoms with Gasteiger partial charge >= 0.3 is 5.97 Å². The molecule has 1 aliphatic carbocycles. The van der Waals surface area contributed by atoms with E-state index in [4.69, 9.17) is 0 Å². The molecule has 1 saturated carbocycles. The molecule has 8 heteroatoms. The highest BCUT2D eigenvalue weighted by molar-refractivity contribution is 5.93. The molecule has 0 unspecified atom stereocenters. The highest BCUT2D eigenvalue weighted by Crippen LogP contribution is 2.38. The van der Waals surface area contributed by atoms with Crippen molar-refractivity contribution >= 4 is 28.5 Å². The summed E-state index contributed by atoms with van der Waals surface area (Å²) in [5.74, 6) is -1.77. The van der Waals surface area contributed by atoms with Crippen molar-refractivity contribution in [1.82, 2.24) is 14.5 Å². The van der Waals surface area contributed by atoms with E-state index in [2.05, 4.69) is 47.3 Å². The molecule has 7 nitrogen and oxygen atoms in total. The molecular formula is C26H23FN4O3. The van der Waals surface area contributed by atoms with Crippen molar-refractivity contribution in [2.45, 2.75) is 39.2 Å². The maximum absolute atomic E-state index is 15.0. The Morgan fingerprint density at radius 1 is 1.18 bits per heavy atom. The number of hydrogen-bond acceptors (Lipinski definition) is 5. The van der Waals surface area contributed by atoms with Crippen LogP contribution in [0.25, 0.3) is 10.9 Å². The van der Waals surface area contributed by atoms with Crippen molar-refractivity contribution in [2.75, 3.05) is 5.32 Å². The fourth-order valence-corrected chi connectivity index (χ4v) is 4.07. The van der Waals surface area contributed by atoms with E-state index in [1.165, 1.54) is 23.4 Å². The van der Waals surface area contributed by atoms with Crippen molar-refractivity contribution in [3.63, 3.8) is 0 Å². The van der Waals surface area contributed by atoms with Gasteiger partial charge in [-0.25, -0.2) is 19.2 Å². The van der Waals surface area contributed by atoms with Gasteiger partial charge in [0.1, 0.15) is 11.4 Å². The van der Waals surface area contributed by atoms with E-state index in [0.29, 0.717) is 11.9 Å². The van der Waals surface area contributed by atoms with Crippen molar-refractivity contribution in [1.29, 1.82) is 0 Å². The van der Waals surface area contributed by atoms with Gasteiger partial charge < -0.3 is 15.0 Å². The van der Waals surface area contributed by atoms with Crippen molar-refractivity contribution in [3.8, 4) is 0 Å². The molecule has 0 spiro atoms. The SMILES string of the molecule is Cc1ccc(Cc2ccnc(Nc3cc4c(cc3F)c(=O)c(C(=O)O)cn4C3CC3)n2)cc1C. The topological polar surface area (TPSA) is 97.1 Å². The van der Waals surface area contributed by atoms with Crippen LogP contribution in [0, 0.1) is 19.7 Å². The number of hydrogen-bond donors (Lipinski definition) is 2. The lowest BCUT2D eigenvalue weighted by Crippen LogP contribution is -2.19. The van der Waals surface area contributed by atoms with Crippen LogP contribution in [0.2, 0.25) is 0 Å². The van der Waals surface area contributed by atoms with Gasteiger partial charge in [0, 0.05) is 30.2 Å². The highest BCUT2D eigenvalue weighted by atomic mass is 19.1. The van der Waals surface area contributed by atoms with E-state index in [-0.39, 0.29) is 28.6 Å². The van der Waals surface area contributed by atoms with Gasteiger partial charge in [-0.2, -0.15) is 0 Å². The normalized spacial score (nSPS) is 13.3. The zero-order valence-electron chi connectivity index (χ0n) is 18.8. The molecule has 2 aromatic heterocycles. The van der Waals surface area contributed by atoms with Crippen LogP contribution in [0.4, 0.5) is 16.0 Å². The zero-order chi connectivity index (χ0) is 24.0. The summed E-state index contributed by atoms with van der Waals surface area (Å²) in [5.41, 5.74) is 3.87. The largest absolute Gasteiger partial charge is 0.477 e. The molecule has 1 fully saturated rings. The Hall–Kier alpha value is -4.07. The highest BCUT2D eigenvalue weighted by Gasteiger charge is 2.27. The summed E-state index contributed by atoms with van der Waals surface area (Å²) >= 11 is 0. The smallest absolute Gasteiger partial charge is 0.341 e. The molecule has 4 aromatic rings. The minimum absolute atomic E-state index is 0.0410. The molecule has 0 amide bonds. The molecule has 0 radical (unpaired) electrons. The minimum Gasteiger partial charge on any atom is -0.477 e. The Kier molecular flexibility index (Phi) is 5.36. The van der Waals surface area contributed by atoms with Crippen LogP contribution in [0.1, 0.15) is 51.6 Å². The summed E-state index contributed by atoms with van der Waals surface area (Å²) in [6.45, 7) is 4.13. The average molecular weight is 458 g/mol. The van der Waals surface area contributed by atoms with Crippen LogP contribution < -0.4 is 10.7 Å². The summed E-state index contributed by atoms with van der Waals surface area (Å²) in [5, 5.41) is 12.4. The number of nitrogens with zero attached hydrogens (tertiary/aromatic N) is 3. The molecule has 34 heavy (non-hydrogen) atoms. The second kappa shape index (κ2) is 8.37. The molecule has 2 heterocycles. The number of halogens is 1. The third-order valence-electron chi connectivity index (χ3n) is 6.21. The summed E-state index contributed by atoms with van der Waals surface area (Å²) in [6, 6.07) is 10.8. The van der Waals surface area contributed by atoms with Crippen LogP contribution in [0.15, 0.2) is 53.6 Å². The van der Waals surface area contributed by atoms with Crippen LogP contribution in [0.5, 0.6) is 0 Å². The van der Waals surface area contributed by atoms with Gasteiger partial charge in [-0.3, -0.25) is 4.79 Å². The van der Waals surface area contributed by atoms with E-state index >= 15 is 0 Å². The quantitative estimate of drug-likeness (QED) is 0.426. The maximum Gasteiger partial charge on any atom is 0.341 e. The number of aromatic nitrogens is 3. The first-order chi connectivity index (χ1) is 16.3. The molecule has 0 aliphatic heterocycles. The fourth-order valence-electron chi connectivity index (χ4n) is 4.07. The fraction of sp³-hybridized carbons (Fsp3) is 0.231. The number of anilines is 2. The number of carbonyl (C=O) groups is 1. The lowest BCUT2D eigenvalue weighted by Gasteiger charge is -2.14. The van der Waals surface area contributed by atoms with Crippen LogP contribution >= 0.6 is 0 Å². The van der Waals surface area contributed by atoms with E-state index in [1.807, 2.05) is 6.07 Å². The maximum atomic E-state index is 15.0. The molecular weight excluding hydrogens is 435 g/mol. The summed E-state index contributed by atoms with van der Waals surface area (Å²) < 4.78 is 16.7. The number of rotatable bonds is 6. The van der Waals surface area contributed by atoms with Crippen LogP contribution in [0.3, 0.4) is 0 Å². The predicted octanol–water partition coefficient (Wildman–Crippen LogP) is 4.91. The number of fused-ring (bicyclic) bond motifs is 1. The number of carboxylic acid groups (broad SMARTS) is 1.